The van der Waals surface area contributed by atoms with Gasteiger partial charge in [-0.05, 0) is 93.6 Å². The molecule has 36 heavy (non-hydrogen) atoms. The molecule has 0 saturated carbocycles. The van der Waals surface area contributed by atoms with Crippen LogP contribution in [-0.4, -0.2) is 49.1 Å². The van der Waals surface area contributed by atoms with Crippen LogP contribution in [0.15, 0.2) is 48.5 Å². The van der Waals surface area contributed by atoms with Crippen LogP contribution in [0.2, 0.25) is 0 Å². The van der Waals surface area contributed by atoms with Gasteiger partial charge in [0.25, 0.3) is 5.91 Å². The van der Waals surface area contributed by atoms with Crippen molar-refractivity contribution in [2.45, 2.75) is 56.8 Å². The van der Waals surface area contributed by atoms with Crippen molar-refractivity contribution in [3.05, 3.63) is 65.2 Å². The molecular formula is C28H36N4O4. The van der Waals surface area contributed by atoms with Crippen LogP contribution in [0, 0.1) is 17.2 Å². The van der Waals surface area contributed by atoms with E-state index in [1.54, 1.807) is 12.1 Å². The van der Waals surface area contributed by atoms with Crippen LogP contribution < -0.4 is 16.1 Å². The summed E-state index contributed by atoms with van der Waals surface area (Å²) in [5.74, 6) is -0.248. The molecule has 2 aromatic rings. The lowest BCUT2D eigenvalue weighted by molar-refractivity contribution is -0.186. The summed E-state index contributed by atoms with van der Waals surface area (Å²) in [6.45, 7) is 2.89. The topological polar surface area (TPSA) is 116 Å². The lowest BCUT2D eigenvalue weighted by Crippen LogP contribution is -2.49. The Hall–Kier alpha value is -2.96. The zero-order valence-electron chi connectivity index (χ0n) is 20.7. The highest BCUT2D eigenvalue weighted by Crippen LogP contribution is 2.31. The quantitative estimate of drug-likeness (QED) is 0.375. The number of nitriles is 1. The Morgan fingerprint density at radius 3 is 2.58 bits per heavy atom. The van der Waals surface area contributed by atoms with Crippen molar-refractivity contribution in [3.63, 3.8) is 0 Å². The van der Waals surface area contributed by atoms with Gasteiger partial charge >= 0.3 is 0 Å². The fraction of sp³-hybridized carbons (Fsp3) is 0.500. The Kier molecular flexibility index (Phi) is 9.31. The summed E-state index contributed by atoms with van der Waals surface area (Å²) >= 11 is 0. The lowest BCUT2D eigenvalue weighted by atomic mass is 9.77. The van der Waals surface area contributed by atoms with E-state index in [0.29, 0.717) is 24.3 Å². The first-order valence-corrected chi connectivity index (χ1v) is 12.9. The van der Waals surface area contributed by atoms with Crippen LogP contribution in [0.3, 0.4) is 0 Å². The van der Waals surface area contributed by atoms with Crippen molar-refractivity contribution in [2.75, 3.05) is 31.6 Å². The Morgan fingerprint density at radius 1 is 1.17 bits per heavy atom. The number of hydrogen-bond acceptors (Lipinski definition) is 7. The van der Waals surface area contributed by atoms with E-state index in [1.807, 2.05) is 36.4 Å². The SMILES string of the molecule is N#Cc1ccc(CCC(CNc2ccc(C(=O)NOC3CCCCO3)cc2)C2(O)CCNCC2)cc1. The fourth-order valence-corrected chi connectivity index (χ4v) is 4.88. The molecule has 2 aliphatic heterocycles. The number of aryl methyl sites for hydroxylation is 1. The highest BCUT2D eigenvalue weighted by molar-refractivity contribution is 5.93. The fourth-order valence-electron chi connectivity index (χ4n) is 4.88. The third kappa shape index (κ3) is 7.28. The van der Waals surface area contributed by atoms with Gasteiger partial charge in [-0.1, -0.05) is 12.1 Å². The molecule has 0 radical (unpaired) electrons. The molecule has 0 spiro atoms. The number of carbonyl (C=O) groups excluding carboxylic acids is 1. The second-order valence-electron chi connectivity index (χ2n) is 9.70. The lowest BCUT2D eigenvalue weighted by Gasteiger charge is -2.40. The van der Waals surface area contributed by atoms with Crippen LogP contribution in [0.25, 0.3) is 0 Å². The van der Waals surface area contributed by atoms with E-state index in [9.17, 15) is 9.90 Å². The maximum atomic E-state index is 12.4. The largest absolute Gasteiger partial charge is 0.389 e. The summed E-state index contributed by atoms with van der Waals surface area (Å²) in [5.41, 5.74) is 4.96. The van der Waals surface area contributed by atoms with Gasteiger partial charge in [-0.25, -0.2) is 10.3 Å². The summed E-state index contributed by atoms with van der Waals surface area (Å²) < 4.78 is 5.47. The highest BCUT2D eigenvalue weighted by Gasteiger charge is 2.37. The summed E-state index contributed by atoms with van der Waals surface area (Å²) in [5, 5.41) is 27.3. The summed E-state index contributed by atoms with van der Waals surface area (Å²) in [6, 6.07) is 17.1. The first-order chi connectivity index (χ1) is 17.6. The smallest absolute Gasteiger partial charge is 0.274 e. The van der Waals surface area contributed by atoms with Crippen LogP contribution in [0.4, 0.5) is 5.69 Å². The Labute approximate surface area is 212 Å². The number of anilines is 1. The number of nitrogens with one attached hydrogen (secondary N) is 3. The van der Waals surface area contributed by atoms with E-state index in [1.165, 1.54) is 0 Å². The molecule has 2 saturated heterocycles. The maximum absolute atomic E-state index is 12.4. The standard InChI is InChI=1S/C28H36N4O4/c29-19-22-6-4-21(5-7-22)8-11-24(28(34)14-16-30-17-15-28)20-31-25-12-9-23(10-13-25)27(33)32-36-26-3-1-2-18-35-26/h4-7,9-10,12-13,24,26,30-31,34H,1-3,8,11,14-18,20H2,(H,32,33). The molecule has 2 heterocycles. The van der Waals surface area contributed by atoms with Gasteiger partial charge in [0.05, 0.1) is 17.2 Å². The monoisotopic (exact) mass is 492 g/mol. The van der Waals surface area contributed by atoms with Crippen LogP contribution in [0.1, 0.15) is 60.0 Å². The van der Waals surface area contributed by atoms with Gasteiger partial charge in [0.2, 0.25) is 0 Å². The second-order valence-corrected chi connectivity index (χ2v) is 9.70. The number of amides is 1. The molecule has 2 aromatic carbocycles. The predicted molar refractivity (Wildman–Crippen MR) is 137 cm³/mol. The molecule has 8 heteroatoms. The number of rotatable bonds is 10. The van der Waals surface area contributed by atoms with Crippen molar-refractivity contribution in [1.82, 2.24) is 10.8 Å². The number of nitrogens with zero attached hydrogens (tertiary/aromatic N) is 1. The summed E-state index contributed by atoms with van der Waals surface area (Å²) in [4.78, 5) is 17.8. The van der Waals surface area contributed by atoms with E-state index >= 15 is 0 Å². The molecule has 2 unspecified atom stereocenters. The minimum atomic E-state index is -0.733. The predicted octanol–water partition coefficient (Wildman–Crippen LogP) is 3.52. The molecular weight excluding hydrogens is 456 g/mol. The number of hydroxylamine groups is 1. The van der Waals surface area contributed by atoms with Crippen molar-refractivity contribution in [1.29, 1.82) is 5.26 Å². The first-order valence-electron chi connectivity index (χ1n) is 12.9. The normalized spacial score (nSPS) is 20.2. The Morgan fingerprint density at radius 2 is 1.92 bits per heavy atom. The number of hydrogen-bond donors (Lipinski definition) is 4. The number of benzene rings is 2. The minimum Gasteiger partial charge on any atom is -0.389 e. The van der Waals surface area contributed by atoms with Gasteiger partial charge in [-0.15, -0.1) is 0 Å². The van der Waals surface area contributed by atoms with Gasteiger partial charge in [-0.3, -0.25) is 4.79 Å². The van der Waals surface area contributed by atoms with Crippen LogP contribution >= 0.6 is 0 Å². The first kappa shape index (κ1) is 26.1. The third-order valence-corrected chi connectivity index (χ3v) is 7.21. The molecule has 4 rings (SSSR count). The van der Waals surface area contributed by atoms with Crippen LogP contribution in [-0.2, 0) is 16.0 Å². The third-order valence-electron chi connectivity index (χ3n) is 7.21. The molecule has 4 N–H and O–H groups in total. The molecule has 0 aliphatic carbocycles. The van der Waals surface area contributed by atoms with E-state index in [2.05, 4.69) is 22.2 Å². The van der Waals surface area contributed by atoms with Gasteiger partial charge in [0.15, 0.2) is 6.29 Å². The summed E-state index contributed by atoms with van der Waals surface area (Å²) in [7, 11) is 0. The molecule has 0 bridgehead atoms. The van der Waals surface area contributed by atoms with Gasteiger partial charge in [-0.2, -0.15) is 5.26 Å². The molecule has 2 fully saturated rings. The van der Waals surface area contributed by atoms with Crippen molar-refractivity contribution in [2.24, 2.45) is 5.92 Å². The van der Waals surface area contributed by atoms with Crippen molar-refractivity contribution >= 4 is 11.6 Å². The van der Waals surface area contributed by atoms with E-state index in [-0.39, 0.29) is 18.1 Å². The molecule has 2 atom stereocenters. The van der Waals surface area contributed by atoms with Crippen molar-refractivity contribution in [3.8, 4) is 6.07 Å². The van der Waals surface area contributed by atoms with E-state index in [0.717, 1.165) is 69.3 Å². The van der Waals surface area contributed by atoms with E-state index in [4.69, 9.17) is 14.8 Å². The Balaban J connectivity index is 1.32. The van der Waals surface area contributed by atoms with Gasteiger partial charge < -0.3 is 20.5 Å². The number of ether oxygens (including phenoxy) is 1. The number of aliphatic hydroxyl groups is 1. The summed E-state index contributed by atoms with van der Waals surface area (Å²) in [6.07, 6.45) is 5.54. The van der Waals surface area contributed by atoms with Crippen molar-refractivity contribution < 1.29 is 19.5 Å². The van der Waals surface area contributed by atoms with Gasteiger partial charge in [0, 0.05) is 36.7 Å². The second kappa shape index (κ2) is 12.8. The zero-order valence-corrected chi connectivity index (χ0v) is 20.7. The number of piperidine rings is 1. The zero-order chi connectivity index (χ0) is 25.2. The molecule has 8 nitrogen and oxygen atoms in total. The molecule has 0 aromatic heterocycles. The Bertz CT molecular complexity index is 1010. The number of carbonyl (C=O) groups is 1. The average molecular weight is 493 g/mol. The highest BCUT2D eigenvalue weighted by atomic mass is 16.8. The molecule has 2 aliphatic rings. The van der Waals surface area contributed by atoms with Gasteiger partial charge in [0.1, 0.15) is 0 Å². The van der Waals surface area contributed by atoms with E-state index < -0.39 is 5.60 Å². The molecule has 1 amide bonds. The average Bonchev–Trinajstić information content (AvgIpc) is 2.93. The maximum Gasteiger partial charge on any atom is 0.274 e. The minimum absolute atomic E-state index is 0.0575. The molecule has 192 valence electrons. The van der Waals surface area contributed by atoms with Crippen LogP contribution in [0.5, 0.6) is 0 Å².